The van der Waals surface area contributed by atoms with Gasteiger partial charge in [-0.3, -0.25) is 4.79 Å². The lowest BCUT2D eigenvalue weighted by molar-refractivity contribution is -0.163. The van der Waals surface area contributed by atoms with Gasteiger partial charge < -0.3 is 19.5 Å². The van der Waals surface area contributed by atoms with Gasteiger partial charge in [0.1, 0.15) is 11.6 Å². The van der Waals surface area contributed by atoms with Crippen molar-refractivity contribution in [1.82, 2.24) is 5.32 Å². The van der Waals surface area contributed by atoms with Crippen LogP contribution in [0.15, 0.2) is 0 Å². The minimum Gasteiger partial charge on any atom is -0.468 e. The summed E-state index contributed by atoms with van der Waals surface area (Å²) in [4.78, 5) is 11.8. The predicted octanol–water partition coefficient (Wildman–Crippen LogP) is 0.722. The van der Waals surface area contributed by atoms with Crippen LogP contribution in [0.25, 0.3) is 0 Å². The lowest BCUT2D eigenvalue weighted by Crippen LogP contribution is -2.53. The third-order valence-corrected chi connectivity index (χ3v) is 2.93. The maximum Gasteiger partial charge on any atom is 0.325 e. The Morgan fingerprint density at radius 1 is 1.59 bits per heavy atom. The zero-order valence-corrected chi connectivity index (χ0v) is 11.1. The normalized spacial score (nSPS) is 21.4. The largest absolute Gasteiger partial charge is 0.468 e. The molecule has 0 saturated carbocycles. The molecular weight excluding hydrogens is 222 g/mol. The van der Waals surface area contributed by atoms with Crippen molar-refractivity contribution in [3.05, 3.63) is 0 Å². The monoisotopic (exact) mass is 245 g/mol. The van der Waals surface area contributed by atoms with Gasteiger partial charge in [-0.1, -0.05) is 6.92 Å². The summed E-state index contributed by atoms with van der Waals surface area (Å²) in [6.45, 7) is 7.80. The first-order valence-electron chi connectivity index (χ1n) is 6.08. The van der Waals surface area contributed by atoms with Gasteiger partial charge in [-0.2, -0.15) is 0 Å². The van der Waals surface area contributed by atoms with Crippen molar-refractivity contribution >= 4 is 5.97 Å². The van der Waals surface area contributed by atoms with Crippen LogP contribution in [0.1, 0.15) is 27.2 Å². The van der Waals surface area contributed by atoms with Gasteiger partial charge in [0, 0.05) is 6.42 Å². The summed E-state index contributed by atoms with van der Waals surface area (Å²) in [6.07, 6.45) is 0.755. The number of rotatable bonds is 7. The van der Waals surface area contributed by atoms with Gasteiger partial charge in [0.15, 0.2) is 0 Å². The average Bonchev–Trinajstić information content (AvgIpc) is 2.22. The molecule has 0 aromatic carbocycles. The number of likely N-dealkylation sites (N-methyl/N-ethyl adjacent to an activating group) is 1. The van der Waals surface area contributed by atoms with Crippen molar-refractivity contribution in [1.29, 1.82) is 0 Å². The number of esters is 1. The van der Waals surface area contributed by atoms with E-state index in [4.69, 9.17) is 14.2 Å². The molecule has 100 valence electrons. The van der Waals surface area contributed by atoms with Gasteiger partial charge in [-0.25, -0.2) is 0 Å². The van der Waals surface area contributed by atoms with Gasteiger partial charge in [0.05, 0.1) is 26.4 Å². The first kappa shape index (κ1) is 14.4. The molecule has 1 aliphatic heterocycles. The summed E-state index contributed by atoms with van der Waals surface area (Å²) in [5, 5.41) is 3.16. The number of methoxy groups -OCH3 is 1. The Morgan fingerprint density at radius 3 is 2.65 bits per heavy atom. The smallest absolute Gasteiger partial charge is 0.325 e. The highest BCUT2D eigenvalue weighted by Crippen LogP contribution is 2.19. The van der Waals surface area contributed by atoms with Gasteiger partial charge in [0.2, 0.25) is 0 Å². The van der Waals surface area contributed by atoms with Crippen LogP contribution >= 0.6 is 0 Å². The van der Waals surface area contributed by atoms with Crippen LogP contribution in [0.5, 0.6) is 0 Å². The second-order valence-electron chi connectivity index (χ2n) is 4.66. The van der Waals surface area contributed by atoms with Crippen molar-refractivity contribution < 1.29 is 19.0 Å². The Hall–Kier alpha value is -0.650. The van der Waals surface area contributed by atoms with Crippen molar-refractivity contribution in [2.24, 2.45) is 0 Å². The zero-order valence-electron chi connectivity index (χ0n) is 11.1. The molecule has 1 N–H and O–H groups in total. The molecule has 1 rings (SSSR count). The molecule has 0 aromatic heterocycles. The first-order valence-corrected chi connectivity index (χ1v) is 6.08. The van der Waals surface area contributed by atoms with E-state index < -0.39 is 5.54 Å². The summed E-state index contributed by atoms with van der Waals surface area (Å²) >= 11 is 0. The van der Waals surface area contributed by atoms with Crippen LogP contribution in [-0.2, 0) is 19.0 Å². The SMILES string of the molecule is CCNC(C)(CC(C)OC1COC1)C(=O)OC. The molecular formula is C12H23NO4. The van der Waals surface area contributed by atoms with E-state index in [0.29, 0.717) is 26.2 Å². The highest BCUT2D eigenvalue weighted by atomic mass is 16.6. The third-order valence-electron chi connectivity index (χ3n) is 2.93. The Balaban J connectivity index is 2.48. The topological polar surface area (TPSA) is 56.8 Å². The Kier molecular flexibility index (Phi) is 5.36. The van der Waals surface area contributed by atoms with Crippen LogP contribution in [0.4, 0.5) is 0 Å². The average molecular weight is 245 g/mol. The van der Waals surface area contributed by atoms with E-state index in [-0.39, 0.29) is 18.2 Å². The van der Waals surface area contributed by atoms with Crippen molar-refractivity contribution in [2.75, 3.05) is 26.9 Å². The standard InChI is InChI=1S/C12H23NO4/c1-5-13-12(3,11(14)15-4)6-9(2)17-10-7-16-8-10/h9-10,13H,5-8H2,1-4H3. The van der Waals surface area contributed by atoms with Gasteiger partial charge in [-0.05, 0) is 20.4 Å². The molecule has 1 saturated heterocycles. The Morgan fingerprint density at radius 2 is 2.24 bits per heavy atom. The van der Waals surface area contributed by atoms with Gasteiger partial charge in [0.25, 0.3) is 0 Å². The molecule has 2 atom stereocenters. The lowest BCUT2D eigenvalue weighted by Gasteiger charge is -2.34. The molecule has 1 fully saturated rings. The number of carbonyl (C=O) groups excluding carboxylic acids is 1. The summed E-state index contributed by atoms with van der Waals surface area (Å²) < 4.78 is 15.6. The van der Waals surface area contributed by atoms with E-state index in [1.807, 2.05) is 20.8 Å². The number of carbonyl (C=O) groups is 1. The van der Waals surface area contributed by atoms with Crippen molar-refractivity contribution in [3.63, 3.8) is 0 Å². The molecule has 0 radical (unpaired) electrons. The molecule has 1 heterocycles. The molecule has 0 amide bonds. The van der Waals surface area contributed by atoms with Crippen LogP contribution in [0.3, 0.4) is 0 Å². The maximum atomic E-state index is 11.8. The molecule has 5 nitrogen and oxygen atoms in total. The van der Waals surface area contributed by atoms with Crippen LogP contribution in [0, 0.1) is 0 Å². The van der Waals surface area contributed by atoms with E-state index in [2.05, 4.69) is 5.32 Å². The number of hydrogen-bond acceptors (Lipinski definition) is 5. The van der Waals surface area contributed by atoms with Crippen molar-refractivity contribution in [2.45, 2.75) is 44.9 Å². The fourth-order valence-electron chi connectivity index (χ4n) is 2.09. The van der Waals surface area contributed by atoms with Gasteiger partial charge in [-0.15, -0.1) is 0 Å². The lowest BCUT2D eigenvalue weighted by atomic mass is 9.94. The quantitative estimate of drug-likeness (QED) is 0.670. The minimum absolute atomic E-state index is 0.00736. The minimum atomic E-state index is -0.687. The molecule has 17 heavy (non-hydrogen) atoms. The summed E-state index contributed by atoms with van der Waals surface area (Å²) in [5.41, 5.74) is -0.687. The Bertz CT molecular complexity index is 255. The molecule has 1 aliphatic rings. The molecule has 0 aliphatic carbocycles. The summed E-state index contributed by atoms with van der Waals surface area (Å²) in [5.74, 6) is -0.250. The number of nitrogens with one attached hydrogen (secondary N) is 1. The molecule has 5 heteroatoms. The van der Waals surface area contributed by atoms with Crippen LogP contribution in [-0.4, -0.2) is 50.6 Å². The van der Waals surface area contributed by atoms with E-state index in [0.717, 1.165) is 0 Å². The van der Waals surface area contributed by atoms with E-state index in [9.17, 15) is 4.79 Å². The molecule has 0 aromatic rings. The zero-order chi connectivity index (χ0) is 12.9. The number of hydrogen-bond donors (Lipinski definition) is 1. The van der Waals surface area contributed by atoms with Crippen LogP contribution in [0.2, 0.25) is 0 Å². The molecule has 0 bridgehead atoms. The fraction of sp³-hybridized carbons (Fsp3) is 0.917. The third kappa shape index (κ3) is 3.94. The Labute approximate surface area is 103 Å². The highest BCUT2D eigenvalue weighted by Gasteiger charge is 2.36. The summed E-state index contributed by atoms with van der Waals surface area (Å²) in [7, 11) is 1.41. The highest BCUT2D eigenvalue weighted by molar-refractivity contribution is 5.80. The molecule has 0 spiro atoms. The van der Waals surface area contributed by atoms with Crippen molar-refractivity contribution in [3.8, 4) is 0 Å². The van der Waals surface area contributed by atoms with Gasteiger partial charge >= 0.3 is 5.97 Å². The number of ether oxygens (including phenoxy) is 3. The maximum absolute atomic E-state index is 11.8. The van der Waals surface area contributed by atoms with E-state index in [1.54, 1.807) is 0 Å². The second-order valence-corrected chi connectivity index (χ2v) is 4.66. The molecule has 2 unspecified atom stereocenters. The summed E-state index contributed by atoms with van der Waals surface area (Å²) in [6, 6.07) is 0. The second kappa shape index (κ2) is 6.33. The predicted molar refractivity (Wildman–Crippen MR) is 63.9 cm³/mol. The van der Waals surface area contributed by atoms with E-state index in [1.165, 1.54) is 7.11 Å². The first-order chi connectivity index (χ1) is 8.01. The fourth-order valence-corrected chi connectivity index (χ4v) is 2.09. The van der Waals surface area contributed by atoms with Crippen LogP contribution < -0.4 is 5.32 Å². The van der Waals surface area contributed by atoms with E-state index >= 15 is 0 Å².